The van der Waals surface area contributed by atoms with Crippen LogP contribution in [0.15, 0.2) is 0 Å². The average molecular weight is 256 g/mol. The summed E-state index contributed by atoms with van der Waals surface area (Å²) in [5.41, 5.74) is 0. The zero-order valence-electron chi connectivity index (χ0n) is 11.4. The predicted octanol–water partition coefficient (Wildman–Crippen LogP) is 0.788. The largest absolute Gasteiger partial charge is 0.469 e. The van der Waals surface area contributed by atoms with Crippen molar-refractivity contribution in [1.29, 1.82) is 0 Å². The van der Waals surface area contributed by atoms with Crippen molar-refractivity contribution in [2.75, 3.05) is 33.3 Å². The summed E-state index contributed by atoms with van der Waals surface area (Å²) in [6.45, 7) is 4.79. The Morgan fingerprint density at radius 3 is 2.56 bits per heavy atom. The number of hydrogen-bond acceptors (Lipinski definition) is 4. The number of rotatable bonds is 6. The van der Waals surface area contributed by atoms with Gasteiger partial charge in [-0.15, -0.1) is 0 Å². The van der Waals surface area contributed by atoms with Crippen LogP contribution in [-0.4, -0.2) is 50.1 Å². The Balaban J connectivity index is 2.10. The van der Waals surface area contributed by atoms with E-state index in [1.54, 1.807) is 0 Å². The van der Waals surface area contributed by atoms with Crippen molar-refractivity contribution < 1.29 is 14.3 Å². The Hall–Kier alpha value is -1.10. The number of likely N-dealkylation sites (tertiary alicyclic amines) is 1. The van der Waals surface area contributed by atoms with Gasteiger partial charge in [0, 0.05) is 32.6 Å². The maximum absolute atomic E-state index is 11.8. The van der Waals surface area contributed by atoms with Crippen LogP contribution in [0.5, 0.6) is 0 Å². The van der Waals surface area contributed by atoms with E-state index in [2.05, 4.69) is 10.1 Å². The molecule has 0 aromatic rings. The lowest BCUT2D eigenvalue weighted by atomic mass is 10.1. The highest BCUT2D eigenvalue weighted by molar-refractivity contribution is 5.76. The van der Waals surface area contributed by atoms with Gasteiger partial charge in [-0.1, -0.05) is 6.92 Å². The molecule has 1 atom stereocenters. The molecule has 1 amide bonds. The summed E-state index contributed by atoms with van der Waals surface area (Å²) >= 11 is 0. The van der Waals surface area contributed by atoms with Crippen LogP contribution in [0.4, 0.5) is 0 Å². The van der Waals surface area contributed by atoms with Crippen LogP contribution in [0.2, 0.25) is 0 Å². The van der Waals surface area contributed by atoms with Gasteiger partial charge < -0.3 is 15.0 Å². The van der Waals surface area contributed by atoms with Gasteiger partial charge in [0.25, 0.3) is 0 Å². The molecule has 1 N–H and O–H groups in total. The highest BCUT2D eigenvalue weighted by Gasteiger charge is 2.16. The minimum absolute atomic E-state index is 0.167. The first-order valence-corrected chi connectivity index (χ1v) is 6.71. The van der Waals surface area contributed by atoms with Crippen molar-refractivity contribution in [3.05, 3.63) is 0 Å². The number of piperidine rings is 1. The van der Waals surface area contributed by atoms with Crippen molar-refractivity contribution in [2.45, 2.75) is 32.6 Å². The second-order valence-electron chi connectivity index (χ2n) is 4.82. The van der Waals surface area contributed by atoms with Crippen LogP contribution >= 0.6 is 0 Å². The molecule has 5 nitrogen and oxygen atoms in total. The Morgan fingerprint density at radius 2 is 1.94 bits per heavy atom. The molecule has 18 heavy (non-hydrogen) atoms. The molecule has 104 valence electrons. The fourth-order valence-corrected chi connectivity index (χ4v) is 2.10. The molecule has 1 unspecified atom stereocenters. The van der Waals surface area contributed by atoms with E-state index >= 15 is 0 Å². The topological polar surface area (TPSA) is 58.6 Å². The van der Waals surface area contributed by atoms with Gasteiger partial charge in [-0.25, -0.2) is 0 Å². The lowest BCUT2D eigenvalue weighted by Gasteiger charge is -2.26. The first kappa shape index (κ1) is 15.0. The van der Waals surface area contributed by atoms with E-state index in [1.807, 2.05) is 11.8 Å². The van der Waals surface area contributed by atoms with Crippen molar-refractivity contribution >= 4 is 11.9 Å². The number of amides is 1. The number of hydrogen-bond donors (Lipinski definition) is 1. The molecule has 1 saturated heterocycles. The number of nitrogens with zero attached hydrogens (tertiary/aromatic N) is 1. The fourth-order valence-electron chi connectivity index (χ4n) is 2.10. The molecule has 0 spiro atoms. The van der Waals surface area contributed by atoms with Crippen LogP contribution in [0.3, 0.4) is 0 Å². The number of methoxy groups -OCH3 is 1. The lowest BCUT2D eigenvalue weighted by Crippen LogP contribution is -2.37. The normalized spacial score (nSPS) is 17.3. The zero-order valence-corrected chi connectivity index (χ0v) is 11.4. The Kier molecular flexibility index (Phi) is 6.72. The van der Waals surface area contributed by atoms with Gasteiger partial charge in [0.15, 0.2) is 0 Å². The highest BCUT2D eigenvalue weighted by atomic mass is 16.5. The van der Waals surface area contributed by atoms with E-state index in [9.17, 15) is 9.59 Å². The molecule has 1 heterocycles. The van der Waals surface area contributed by atoms with E-state index in [0.717, 1.165) is 25.9 Å². The van der Waals surface area contributed by atoms with Gasteiger partial charge in [0.2, 0.25) is 5.91 Å². The number of nitrogens with one attached hydrogen (secondary N) is 1. The van der Waals surface area contributed by atoms with E-state index in [4.69, 9.17) is 0 Å². The number of ether oxygens (including phenoxy) is 1. The summed E-state index contributed by atoms with van der Waals surface area (Å²) in [6.07, 6.45) is 3.99. The monoisotopic (exact) mass is 256 g/mol. The molecule has 1 rings (SSSR count). The zero-order chi connectivity index (χ0) is 13.4. The summed E-state index contributed by atoms with van der Waals surface area (Å²) < 4.78 is 4.63. The third-order valence-electron chi connectivity index (χ3n) is 3.28. The summed E-state index contributed by atoms with van der Waals surface area (Å²) in [5.74, 6) is -0.169. The molecular weight excluding hydrogens is 232 g/mol. The lowest BCUT2D eigenvalue weighted by molar-refractivity contribution is -0.144. The molecule has 0 bridgehead atoms. The van der Waals surface area contributed by atoms with Gasteiger partial charge in [-0.2, -0.15) is 0 Å². The number of esters is 1. The Morgan fingerprint density at radius 1 is 1.28 bits per heavy atom. The first-order valence-electron chi connectivity index (χ1n) is 6.71. The van der Waals surface area contributed by atoms with Crippen LogP contribution in [0, 0.1) is 5.92 Å². The molecule has 0 aromatic heterocycles. The third-order valence-corrected chi connectivity index (χ3v) is 3.28. The molecule has 1 fully saturated rings. The van der Waals surface area contributed by atoms with Crippen LogP contribution in [0.25, 0.3) is 0 Å². The summed E-state index contributed by atoms with van der Waals surface area (Å²) in [7, 11) is 1.39. The van der Waals surface area contributed by atoms with Crippen LogP contribution in [-0.2, 0) is 14.3 Å². The number of carbonyl (C=O) groups is 2. The van der Waals surface area contributed by atoms with E-state index in [1.165, 1.54) is 13.5 Å². The van der Waals surface area contributed by atoms with Crippen LogP contribution < -0.4 is 5.32 Å². The number of carbonyl (C=O) groups excluding carboxylic acids is 2. The molecule has 0 aliphatic carbocycles. The van der Waals surface area contributed by atoms with Crippen molar-refractivity contribution in [3.63, 3.8) is 0 Å². The molecule has 1 aliphatic heterocycles. The molecular formula is C13H24N2O3. The Bertz CT molecular complexity index is 275. The summed E-state index contributed by atoms with van der Waals surface area (Å²) in [4.78, 5) is 24.9. The van der Waals surface area contributed by atoms with Gasteiger partial charge in [-0.05, 0) is 19.3 Å². The third kappa shape index (κ3) is 5.04. The maximum atomic E-state index is 11.8. The minimum atomic E-state index is -0.218. The molecule has 5 heteroatoms. The first-order chi connectivity index (χ1) is 8.65. The fraction of sp³-hybridized carbons (Fsp3) is 0.846. The Labute approximate surface area is 109 Å². The van der Waals surface area contributed by atoms with Gasteiger partial charge in [0.1, 0.15) is 0 Å². The minimum Gasteiger partial charge on any atom is -0.469 e. The van der Waals surface area contributed by atoms with Gasteiger partial charge in [0.05, 0.1) is 13.0 Å². The van der Waals surface area contributed by atoms with Crippen molar-refractivity contribution in [2.24, 2.45) is 5.92 Å². The van der Waals surface area contributed by atoms with E-state index in [-0.39, 0.29) is 17.8 Å². The van der Waals surface area contributed by atoms with Crippen LogP contribution in [0.1, 0.15) is 32.6 Å². The standard InChI is InChI=1S/C13H24N2O3/c1-11(13(17)18-2)10-14-7-6-12(16)15-8-4-3-5-9-15/h11,14H,3-10H2,1-2H3. The second kappa shape index (κ2) is 8.08. The molecule has 0 saturated carbocycles. The highest BCUT2D eigenvalue weighted by Crippen LogP contribution is 2.09. The maximum Gasteiger partial charge on any atom is 0.309 e. The average Bonchev–Trinajstić information content (AvgIpc) is 2.43. The van der Waals surface area contributed by atoms with Gasteiger partial charge >= 0.3 is 5.97 Å². The predicted molar refractivity (Wildman–Crippen MR) is 69.1 cm³/mol. The van der Waals surface area contributed by atoms with E-state index < -0.39 is 0 Å². The smallest absolute Gasteiger partial charge is 0.309 e. The molecule has 1 aliphatic rings. The second-order valence-corrected chi connectivity index (χ2v) is 4.82. The molecule has 0 aromatic carbocycles. The van der Waals surface area contributed by atoms with E-state index in [0.29, 0.717) is 19.5 Å². The molecule has 0 radical (unpaired) electrons. The summed E-state index contributed by atoms with van der Waals surface area (Å²) in [6, 6.07) is 0. The van der Waals surface area contributed by atoms with Crippen molar-refractivity contribution in [3.8, 4) is 0 Å². The quantitative estimate of drug-likeness (QED) is 0.564. The van der Waals surface area contributed by atoms with Crippen molar-refractivity contribution in [1.82, 2.24) is 10.2 Å². The SMILES string of the molecule is COC(=O)C(C)CNCCC(=O)N1CCCCC1. The van der Waals surface area contributed by atoms with Gasteiger partial charge in [-0.3, -0.25) is 9.59 Å². The summed E-state index contributed by atoms with van der Waals surface area (Å²) in [5, 5.41) is 3.12.